The van der Waals surface area contributed by atoms with Crippen molar-refractivity contribution in [3.8, 4) is 11.8 Å². The molecule has 0 fully saturated rings. The monoisotopic (exact) mass is 281 g/mol. The second-order valence-electron chi connectivity index (χ2n) is 5.11. The molecule has 0 amide bonds. The maximum atomic E-state index is 8.66. The van der Waals surface area contributed by atoms with E-state index in [-0.39, 0.29) is 6.10 Å². The number of nitrogen functional groups attached to an aromatic ring is 1. The highest BCUT2D eigenvalue weighted by Gasteiger charge is 2.03. The van der Waals surface area contributed by atoms with Gasteiger partial charge in [-0.25, -0.2) is 0 Å². The van der Waals surface area contributed by atoms with Gasteiger partial charge in [-0.1, -0.05) is 12.1 Å². The average molecular weight is 281 g/mol. The lowest BCUT2D eigenvalue weighted by Gasteiger charge is -2.13. The predicted octanol–water partition coefficient (Wildman–Crippen LogP) is 3.87. The smallest absolute Gasteiger partial charge is 0.123 e. The third-order valence-electron chi connectivity index (χ3n) is 2.83. The van der Waals surface area contributed by atoms with Crippen molar-refractivity contribution in [1.29, 1.82) is 5.26 Å². The molecule has 0 aromatic heterocycles. The van der Waals surface area contributed by atoms with Crippen LogP contribution in [0.1, 0.15) is 19.4 Å². The van der Waals surface area contributed by atoms with Crippen LogP contribution < -0.4 is 15.8 Å². The Hall–Kier alpha value is -2.67. The van der Waals surface area contributed by atoms with Gasteiger partial charge in [0.25, 0.3) is 0 Å². The van der Waals surface area contributed by atoms with Crippen molar-refractivity contribution in [2.45, 2.75) is 26.4 Å². The zero-order valence-corrected chi connectivity index (χ0v) is 12.3. The minimum Gasteiger partial charge on any atom is -0.491 e. The van der Waals surface area contributed by atoms with Crippen LogP contribution in [0, 0.1) is 11.3 Å². The maximum absolute atomic E-state index is 8.66. The lowest BCUT2D eigenvalue weighted by atomic mass is 10.1. The van der Waals surface area contributed by atoms with Crippen LogP contribution in [0.4, 0.5) is 17.1 Å². The second kappa shape index (κ2) is 6.67. The molecule has 0 bridgehead atoms. The molecule has 0 aliphatic heterocycles. The highest BCUT2D eigenvalue weighted by Crippen LogP contribution is 2.26. The first-order valence-electron chi connectivity index (χ1n) is 6.87. The van der Waals surface area contributed by atoms with Crippen LogP contribution in [0.15, 0.2) is 42.5 Å². The number of hydrogen-bond acceptors (Lipinski definition) is 4. The molecular weight excluding hydrogens is 262 g/mol. The third kappa shape index (κ3) is 4.43. The van der Waals surface area contributed by atoms with Crippen molar-refractivity contribution < 1.29 is 4.74 Å². The van der Waals surface area contributed by atoms with Gasteiger partial charge in [0.15, 0.2) is 0 Å². The third-order valence-corrected chi connectivity index (χ3v) is 2.83. The van der Waals surface area contributed by atoms with Gasteiger partial charge in [0.2, 0.25) is 0 Å². The van der Waals surface area contributed by atoms with E-state index in [2.05, 4.69) is 11.4 Å². The molecule has 3 N–H and O–H groups in total. The molecule has 21 heavy (non-hydrogen) atoms. The Morgan fingerprint density at radius 1 is 1.14 bits per heavy atom. The Morgan fingerprint density at radius 2 is 1.86 bits per heavy atom. The molecule has 0 heterocycles. The van der Waals surface area contributed by atoms with Crippen molar-refractivity contribution in [3.05, 3.63) is 48.0 Å². The van der Waals surface area contributed by atoms with E-state index in [4.69, 9.17) is 15.7 Å². The zero-order valence-electron chi connectivity index (χ0n) is 12.3. The van der Waals surface area contributed by atoms with E-state index in [9.17, 15) is 0 Å². The van der Waals surface area contributed by atoms with Crippen LogP contribution >= 0.6 is 0 Å². The molecule has 2 rings (SSSR count). The van der Waals surface area contributed by atoms with E-state index < -0.39 is 0 Å². The fourth-order valence-electron chi connectivity index (χ4n) is 2.00. The van der Waals surface area contributed by atoms with Crippen molar-refractivity contribution in [2.75, 3.05) is 11.1 Å². The van der Waals surface area contributed by atoms with E-state index in [0.717, 1.165) is 22.7 Å². The molecule has 0 unspecified atom stereocenters. The molecule has 0 saturated carbocycles. The van der Waals surface area contributed by atoms with Gasteiger partial charge in [-0.15, -0.1) is 0 Å². The molecule has 4 heteroatoms. The fraction of sp³-hybridized carbons (Fsp3) is 0.235. The van der Waals surface area contributed by atoms with Gasteiger partial charge < -0.3 is 15.8 Å². The largest absolute Gasteiger partial charge is 0.491 e. The minimum atomic E-state index is 0.102. The molecule has 0 aliphatic rings. The molecule has 0 radical (unpaired) electrons. The van der Waals surface area contributed by atoms with Crippen LogP contribution in [-0.2, 0) is 6.42 Å². The molecule has 4 nitrogen and oxygen atoms in total. The number of nitrogens with two attached hydrogens (primary N) is 1. The van der Waals surface area contributed by atoms with E-state index in [1.165, 1.54) is 0 Å². The van der Waals surface area contributed by atoms with Crippen LogP contribution in [0.25, 0.3) is 0 Å². The Kier molecular flexibility index (Phi) is 4.68. The first-order valence-corrected chi connectivity index (χ1v) is 6.87. The van der Waals surface area contributed by atoms with E-state index in [1.807, 2.05) is 50.2 Å². The van der Waals surface area contributed by atoms with Gasteiger partial charge in [0, 0.05) is 29.2 Å². The first-order chi connectivity index (χ1) is 10.1. The predicted molar refractivity (Wildman–Crippen MR) is 85.7 cm³/mol. The topological polar surface area (TPSA) is 71.1 Å². The molecule has 2 aromatic carbocycles. The van der Waals surface area contributed by atoms with Crippen molar-refractivity contribution in [1.82, 2.24) is 0 Å². The number of rotatable bonds is 5. The van der Waals surface area contributed by atoms with Crippen LogP contribution in [-0.4, -0.2) is 6.10 Å². The summed E-state index contributed by atoms with van der Waals surface area (Å²) in [5, 5.41) is 11.9. The van der Waals surface area contributed by atoms with Crippen molar-refractivity contribution in [3.63, 3.8) is 0 Å². The summed E-state index contributed by atoms with van der Waals surface area (Å²) in [5.74, 6) is 0.744. The second-order valence-corrected chi connectivity index (χ2v) is 5.11. The Labute approximate surface area is 125 Å². The Morgan fingerprint density at radius 3 is 2.48 bits per heavy atom. The average Bonchev–Trinajstić information content (AvgIpc) is 2.40. The van der Waals surface area contributed by atoms with Gasteiger partial charge >= 0.3 is 0 Å². The number of ether oxygens (including phenoxy) is 1. The summed E-state index contributed by atoms with van der Waals surface area (Å²) in [4.78, 5) is 0. The molecule has 0 spiro atoms. The summed E-state index contributed by atoms with van der Waals surface area (Å²) < 4.78 is 5.67. The molecule has 0 saturated heterocycles. The zero-order chi connectivity index (χ0) is 15.2. The lowest BCUT2D eigenvalue weighted by molar-refractivity contribution is 0.242. The molecular formula is C17H19N3O. The summed E-state index contributed by atoms with van der Waals surface area (Å²) in [6.07, 6.45) is 0.523. The Bertz CT molecular complexity index is 642. The molecule has 0 atom stereocenters. The van der Waals surface area contributed by atoms with E-state index in [0.29, 0.717) is 12.1 Å². The van der Waals surface area contributed by atoms with Crippen LogP contribution in [0.2, 0.25) is 0 Å². The molecule has 2 aromatic rings. The van der Waals surface area contributed by atoms with Gasteiger partial charge in [-0.3, -0.25) is 0 Å². The highest BCUT2D eigenvalue weighted by atomic mass is 16.5. The lowest BCUT2D eigenvalue weighted by Crippen LogP contribution is -2.06. The van der Waals surface area contributed by atoms with Crippen molar-refractivity contribution >= 4 is 17.1 Å². The number of nitrogens with one attached hydrogen (secondary N) is 1. The van der Waals surface area contributed by atoms with Gasteiger partial charge in [-0.2, -0.15) is 5.26 Å². The minimum absolute atomic E-state index is 0.102. The van der Waals surface area contributed by atoms with Crippen LogP contribution in [0.3, 0.4) is 0 Å². The maximum Gasteiger partial charge on any atom is 0.123 e. The van der Waals surface area contributed by atoms with E-state index >= 15 is 0 Å². The fourth-order valence-corrected chi connectivity index (χ4v) is 2.00. The van der Waals surface area contributed by atoms with Gasteiger partial charge in [-0.05, 0) is 37.6 Å². The summed E-state index contributed by atoms with van der Waals surface area (Å²) >= 11 is 0. The number of anilines is 3. The number of nitriles is 1. The SMILES string of the molecule is CC(C)Oc1cc(N)cc(Nc2ccc(CC#N)cc2)c1. The Balaban J connectivity index is 2.15. The van der Waals surface area contributed by atoms with Crippen molar-refractivity contribution in [2.24, 2.45) is 0 Å². The molecule has 108 valence electrons. The summed E-state index contributed by atoms with van der Waals surface area (Å²) in [7, 11) is 0. The standard InChI is InChI=1S/C17H19N3O/c1-12(2)21-17-10-14(19)9-16(11-17)20-15-5-3-13(4-6-15)7-8-18/h3-6,9-12,20H,7,19H2,1-2H3. The first kappa shape index (κ1) is 14.7. The quantitative estimate of drug-likeness (QED) is 0.816. The summed E-state index contributed by atoms with van der Waals surface area (Å²) in [6.45, 7) is 3.95. The molecule has 0 aliphatic carbocycles. The number of benzene rings is 2. The summed E-state index contributed by atoms with van der Waals surface area (Å²) in [6, 6.07) is 15.5. The van der Waals surface area contributed by atoms with Crippen LogP contribution in [0.5, 0.6) is 5.75 Å². The highest BCUT2D eigenvalue weighted by molar-refractivity contribution is 5.66. The normalized spacial score (nSPS) is 10.2. The number of nitrogens with zero attached hydrogens (tertiary/aromatic N) is 1. The van der Waals surface area contributed by atoms with E-state index in [1.54, 1.807) is 6.07 Å². The number of hydrogen-bond donors (Lipinski definition) is 2. The van der Waals surface area contributed by atoms with Gasteiger partial charge in [0.1, 0.15) is 5.75 Å². The summed E-state index contributed by atoms with van der Waals surface area (Å²) in [5.41, 5.74) is 9.36. The van der Waals surface area contributed by atoms with Gasteiger partial charge in [0.05, 0.1) is 18.6 Å².